The summed E-state index contributed by atoms with van der Waals surface area (Å²) in [5.41, 5.74) is 1.29. The molecule has 1 fully saturated rings. The average Bonchev–Trinajstić information content (AvgIpc) is 2.78. The molecule has 2 unspecified atom stereocenters. The van der Waals surface area contributed by atoms with E-state index in [1.165, 1.54) is 12.1 Å². The molecule has 0 spiro atoms. The number of nitrogens with one attached hydrogen (secondary N) is 1. The summed E-state index contributed by atoms with van der Waals surface area (Å²) in [7, 11) is 0. The number of rotatable bonds is 5. The van der Waals surface area contributed by atoms with Crippen LogP contribution in [0.15, 0.2) is 12.5 Å². The van der Waals surface area contributed by atoms with Crippen LogP contribution in [0.4, 0.5) is 0 Å². The van der Waals surface area contributed by atoms with Crippen molar-refractivity contribution in [1.29, 1.82) is 0 Å². The van der Waals surface area contributed by atoms with Gasteiger partial charge in [-0.05, 0) is 32.7 Å². The van der Waals surface area contributed by atoms with Crippen LogP contribution in [0.3, 0.4) is 0 Å². The predicted octanol–water partition coefficient (Wildman–Crippen LogP) is 2.12. The lowest BCUT2D eigenvalue weighted by Crippen LogP contribution is -2.27. The van der Waals surface area contributed by atoms with Crippen LogP contribution in [0.1, 0.15) is 44.8 Å². The van der Waals surface area contributed by atoms with Gasteiger partial charge in [0.2, 0.25) is 0 Å². The fourth-order valence-corrected chi connectivity index (χ4v) is 2.42. The van der Waals surface area contributed by atoms with Crippen LogP contribution in [0.25, 0.3) is 0 Å². The number of hydrogen-bond donors (Lipinski definition) is 1. The highest BCUT2D eigenvalue weighted by molar-refractivity contribution is 5.01. The molecule has 1 aliphatic heterocycles. The van der Waals surface area contributed by atoms with Gasteiger partial charge in [0, 0.05) is 25.4 Å². The highest BCUT2D eigenvalue weighted by atomic mass is 16.5. The second-order valence-corrected chi connectivity index (χ2v) is 4.83. The number of nitrogens with zero attached hydrogens (tertiary/aromatic N) is 2. The van der Waals surface area contributed by atoms with Gasteiger partial charge < -0.3 is 14.6 Å². The van der Waals surface area contributed by atoms with Gasteiger partial charge in [-0.25, -0.2) is 4.98 Å². The zero-order valence-electron chi connectivity index (χ0n) is 10.9. The van der Waals surface area contributed by atoms with Gasteiger partial charge in [0.1, 0.15) is 0 Å². The highest BCUT2D eigenvalue weighted by Crippen LogP contribution is 2.25. The van der Waals surface area contributed by atoms with Crippen molar-refractivity contribution in [3.63, 3.8) is 0 Å². The summed E-state index contributed by atoms with van der Waals surface area (Å²) in [6.45, 7) is 7.18. The van der Waals surface area contributed by atoms with Crippen molar-refractivity contribution in [2.24, 2.45) is 0 Å². The fraction of sp³-hybridized carbons (Fsp3) is 0.769. The van der Waals surface area contributed by atoms with E-state index >= 15 is 0 Å². The third kappa shape index (κ3) is 3.30. The maximum absolute atomic E-state index is 5.60. The summed E-state index contributed by atoms with van der Waals surface area (Å²) in [5.74, 6) is 0. The molecule has 0 saturated carbocycles. The molecule has 0 radical (unpaired) electrons. The van der Waals surface area contributed by atoms with Gasteiger partial charge in [-0.1, -0.05) is 6.92 Å². The lowest BCUT2D eigenvalue weighted by atomic mass is 10.0. The first-order valence-electron chi connectivity index (χ1n) is 6.64. The predicted molar refractivity (Wildman–Crippen MR) is 67.9 cm³/mol. The fourth-order valence-electron chi connectivity index (χ4n) is 2.42. The largest absolute Gasteiger partial charge is 0.378 e. The second kappa shape index (κ2) is 6.17. The van der Waals surface area contributed by atoms with Gasteiger partial charge in [0.15, 0.2) is 0 Å². The van der Waals surface area contributed by atoms with E-state index in [4.69, 9.17) is 4.74 Å². The van der Waals surface area contributed by atoms with Gasteiger partial charge in [-0.3, -0.25) is 0 Å². The third-order valence-electron chi connectivity index (χ3n) is 3.33. The molecule has 0 bridgehead atoms. The molecule has 1 aliphatic rings. The Morgan fingerprint density at radius 1 is 1.59 bits per heavy atom. The van der Waals surface area contributed by atoms with Crippen molar-refractivity contribution < 1.29 is 4.74 Å². The Morgan fingerprint density at radius 3 is 3.24 bits per heavy atom. The van der Waals surface area contributed by atoms with Gasteiger partial charge in [-0.2, -0.15) is 0 Å². The summed E-state index contributed by atoms with van der Waals surface area (Å²) in [6.07, 6.45) is 7.67. The first-order chi connectivity index (χ1) is 8.31. The van der Waals surface area contributed by atoms with Gasteiger partial charge >= 0.3 is 0 Å². The molecular formula is C13H23N3O. The van der Waals surface area contributed by atoms with Crippen LogP contribution in [0.2, 0.25) is 0 Å². The minimum Gasteiger partial charge on any atom is -0.378 e. The Morgan fingerprint density at radius 2 is 2.47 bits per heavy atom. The zero-order valence-corrected chi connectivity index (χ0v) is 10.9. The molecule has 0 aliphatic carbocycles. The van der Waals surface area contributed by atoms with E-state index in [0.29, 0.717) is 12.1 Å². The Bertz CT molecular complexity index is 337. The van der Waals surface area contributed by atoms with E-state index in [2.05, 4.69) is 28.7 Å². The molecule has 1 aromatic heterocycles. The summed E-state index contributed by atoms with van der Waals surface area (Å²) in [6, 6.07) is 0.555. The smallest absolute Gasteiger partial charge is 0.0951 e. The number of imidazole rings is 1. The second-order valence-electron chi connectivity index (χ2n) is 4.83. The average molecular weight is 237 g/mol. The molecular weight excluding hydrogens is 214 g/mol. The molecule has 2 rings (SSSR count). The number of hydrogen-bond acceptors (Lipinski definition) is 3. The summed E-state index contributed by atoms with van der Waals surface area (Å²) in [4.78, 5) is 4.28. The molecule has 0 aromatic carbocycles. The Labute approximate surface area is 103 Å². The van der Waals surface area contributed by atoms with Crippen LogP contribution in [0, 0.1) is 0 Å². The van der Waals surface area contributed by atoms with Crippen molar-refractivity contribution in [2.45, 2.75) is 51.8 Å². The highest BCUT2D eigenvalue weighted by Gasteiger charge is 2.21. The van der Waals surface area contributed by atoms with E-state index < -0.39 is 0 Å². The van der Waals surface area contributed by atoms with Crippen LogP contribution in [0.5, 0.6) is 0 Å². The first-order valence-corrected chi connectivity index (χ1v) is 6.64. The normalized spacial score (nSPS) is 25.1. The number of aromatic nitrogens is 2. The third-order valence-corrected chi connectivity index (χ3v) is 3.33. The van der Waals surface area contributed by atoms with Crippen LogP contribution in [-0.2, 0) is 11.3 Å². The minimum atomic E-state index is 0.368. The summed E-state index contributed by atoms with van der Waals surface area (Å²) >= 11 is 0. The topological polar surface area (TPSA) is 39.1 Å². The molecule has 1 saturated heterocycles. The molecule has 17 heavy (non-hydrogen) atoms. The Hall–Kier alpha value is -0.870. The maximum atomic E-state index is 5.60. The van der Waals surface area contributed by atoms with E-state index in [9.17, 15) is 0 Å². The quantitative estimate of drug-likeness (QED) is 0.797. The van der Waals surface area contributed by atoms with Crippen LogP contribution >= 0.6 is 0 Å². The van der Waals surface area contributed by atoms with Crippen molar-refractivity contribution >= 4 is 0 Å². The zero-order chi connectivity index (χ0) is 12.1. The van der Waals surface area contributed by atoms with Crippen molar-refractivity contribution in [2.75, 3.05) is 13.2 Å². The van der Waals surface area contributed by atoms with E-state index in [-0.39, 0.29) is 0 Å². The maximum Gasteiger partial charge on any atom is 0.0951 e. The monoisotopic (exact) mass is 237 g/mol. The molecule has 1 N–H and O–H groups in total. The molecule has 4 nitrogen and oxygen atoms in total. The SMILES string of the molecule is CCCNCc1cncn1C1CCOC(C)C1. The van der Waals surface area contributed by atoms with Crippen molar-refractivity contribution in [1.82, 2.24) is 14.9 Å². The molecule has 0 amide bonds. The minimum absolute atomic E-state index is 0.368. The molecule has 96 valence electrons. The Kier molecular flexibility index (Phi) is 4.57. The summed E-state index contributed by atoms with van der Waals surface area (Å²) < 4.78 is 7.92. The van der Waals surface area contributed by atoms with E-state index in [1.54, 1.807) is 0 Å². The van der Waals surface area contributed by atoms with Crippen LogP contribution < -0.4 is 5.32 Å². The van der Waals surface area contributed by atoms with E-state index in [0.717, 1.165) is 32.5 Å². The molecule has 1 aromatic rings. The lowest BCUT2D eigenvalue weighted by molar-refractivity contribution is 0.00541. The Balaban J connectivity index is 1.97. The van der Waals surface area contributed by atoms with Crippen molar-refractivity contribution in [3.8, 4) is 0 Å². The molecule has 2 heterocycles. The van der Waals surface area contributed by atoms with E-state index in [1.807, 2.05) is 12.5 Å². The first kappa shape index (κ1) is 12.6. The van der Waals surface area contributed by atoms with Crippen LogP contribution in [-0.4, -0.2) is 28.8 Å². The van der Waals surface area contributed by atoms with Gasteiger partial charge in [-0.15, -0.1) is 0 Å². The lowest BCUT2D eigenvalue weighted by Gasteiger charge is -2.29. The van der Waals surface area contributed by atoms with Crippen molar-refractivity contribution in [3.05, 3.63) is 18.2 Å². The van der Waals surface area contributed by atoms with Gasteiger partial charge in [0.05, 0.1) is 18.1 Å². The standard InChI is InChI=1S/C13H23N3O/c1-3-5-14-8-13-9-15-10-16(13)12-4-6-17-11(2)7-12/h9-12,14H,3-8H2,1-2H3. The summed E-state index contributed by atoms with van der Waals surface area (Å²) in [5, 5.41) is 3.44. The molecule has 2 atom stereocenters. The van der Waals surface area contributed by atoms with Gasteiger partial charge in [0.25, 0.3) is 0 Å². The molecule has 4 heteroatoms. The number of ether oxygens (including phenoxy) is 1.